The first-order valence-corrected chi connectivity index (χ1v) is 5.40. The van der Waals surface area contributed by atoms with Gasteiger partial charge in [-0.1, -0.05) is 11.6 Å². The van der Waals surface area contributed by atoms with Crippen molar-refractivity contribution >= 4 is 17.5 Å². The van der Waals surface area contributed by atoms with Gasteiger partial charge in [-0.15, -0.1) is 0 Å². The quantitative estimate of drug-likeness (QED) is 0.715. The molecule has 6 heteroatoms. The van der Waals surface area contributed by atoms with Gasteiger partial charge in [0.2, 0.25) is 5.91 Å². The van der Waals surface area contributed by atoms with Crippen LogP contribution in [0.4, 0.5) is 0 Å². The van der Waals surface area contributed by atoms with Crippen LogP contribution < -0.4 is 10.9 Å². The number of rotatable bonds is 2. The van der Waals surface area contributed by atoms with Crippen molar-refractivity contribution in [3.8, 4) is 0 Å². The number of aromatic nitrogens is 1. The molecule has 2 heterocycles. The van der Waals surface area contributed by atoms with E-state index in [1.54, 1.807) is 12.1 Å². The van der Waals surface area contributed by atoms with Gasteiger partial charge >= 0.3 is 0 Å². The number of piperazine rings is 1. The molecule has 1 amide bonds. The van der Waals surface area contributed by atoms with Gasteiger partial charge in [0.05, 0.1) is 6.54 Å². The Bertz CT molecular complexity index is 458. The van der Waals surface area contributed by atoms with Crippen LogP contribution in [0.1, 0.15) is 5.56 Å². The van der Waals surface area contributed by atoms with E-state index >= 15 is 0 Å². The van der Waals surface area contributed by atoms with Gasteiger partial charge in [-0.25, -0.2) is 0 Å². The number of carbonyl (C=O) groups is 1. The Morgan fingerprint density at radius 3 is 2.88 bits per heavy atom. The molecule has 0 spiro atoms. The first-order valence-electron chi connectivity index (χ1n) is 5.02. The summed E-state index contributed by atoms with van der Waals surface area (Å²) < 4.78 is 0. The molecule has 0 aromatic carbocycles. The number of halogens is 1. The van der Waals surface area contributed by atoms with E-state index in [1.807, 2.05) is 4.90 Å². The fourth-order valence-corrected chi connectivity index (χ4v) is 1.82. The Labute approximate surface area is 97.4 Å². The van der Waals surface area contributed by atoms with Crippen LogP contribution in [0.5, 0.6) is 0 Å². The van der Waals surface area contributed by atoms with E-state index in [9.17, 15) is 9.59 Å². The number of pyridine rings is 1. The van der Waals surface area contributed by atoms with Crippen LogP contribution in [0.15, 0.2) is 16.9 Å². The summed E-state index contributed by atoms with van der Waals surface area (Å²) in [6.07, 6.45) is 0. The van der Waals surface area contributed by atoms with Crippen LogP contribution in [0, 0.1) is 0 Å². The van der Waals surface area contributed by atoms with Crippen LogP contribution in [-0.4, -0.2) is 35.4 Å². The SMILES string of the molecule is O=C1CN(Cc2ccc(Cl)[nH]c2=O)CCN1. The van der Waals surface area contributed by atoms with E-state index in [0.29, 0.717) is 30.4 Å². The van der Waals surface area contributed by atoms with E-state index < -0.39 is 0 Å². The van der Waals surface area contributed by atoms with Gasteiger partial charge in [0.1, 0.15) is 5.15 Å². The lowest BCUT2D eigenvalue weighted by Gasteiger charge is -2.25. The summed E-state index contributed by atoms with van der Waals surface area (Å²) in [5.74, 6) is -0.00311. The van der Waals surface area contributed by atoms with E-state index in [-0.39, 0.29) is 11.5 Å². The number of nitrogens with one attached hydrogen (secondary N) is 2. The standard InChI is InChI=1S/C10H12ClN3O2/c11-8-2-1-7(10(16)13-8)5-14-4-3-12-9(15)6-14/h1-2H,3-6H2,(H,12,15)(H,13,16). The third-order valence-electron chi connectivity index (χ3n) is 2.47. The van der Waals surface area contributed by atoms with E-state index in [4.69, 9.17) is 11.6 Å². The fraction of sp³-hybridized carbons (Fsp3) is 0.400. The number of nitrogens with zero attached hydrogens (tertiary/aromatic N) is 1. The van der Waals surface area contributed by atoms with Crippen LogP contribution in [-0.2, 0) is 11.3 Å². The summed E-state index contributed by atoms with van der Waals surface area (Å²) in [5, 5.41) is 3.06. The maximum atomic E-state index is 11.5. The number of hydrogen-bond donors (Lipinski definition) is 2. The van der Waals surface area contributed by atoms with Gasteiger partial charge in [0.15, 0.2) is 0 Å². The van der Waals surface area contributed by atoms with Gasteiger partial charge in [-0.2, -0.15) is 0 Å². The van der Waals surface area contributed by atoms with E-state index in [0.717, 1.165) is 6.54 Å². The molecule has 0 aliphatic carbocycles. The van der Waals surface area contributed by atoms with Crippen molar-refractivity contribution in [2.24, 2.45) is 0 Å². The average Bonchev–Trinajstić information content (AvgIpc) is 2.22. The third kappa shape index (κ3) is 2.62. The molecule has 0 radical (unpaired) electrons. The highest BCUT2D eigenvalue weighted by Crippen LogP contribution is 2.04. The molecule has 1 aromatic heterocycles. The molecule has 1 aliphatic heterocycles. The molecular weight excluding hydrogens is 230 g/mol. The molecule has 1 aliphatic rings. The molecule has 2 rings (SSSR count). The van der Waals surface area contributed by atoms with Gasteiger partial charge in [-0.05, 0) is 12.1 Å². The Hall–Kier alpha value is -1.33. The van der Waals surface area contributed by atoms with E-state index in [1.165, 1.54) is 0 Å². The second-order valence-electron chi connectivity index (χ2n) is 3.72. The Morgan fingerprint density at radius 1 is 1.38 bits per heavy atom. The van der Waals surface area contributed by atoms with Crippen molar-refractivity contribution in [2.45, 2.75) is 6.54 Å². The summed E-state index contributed by atoms with van der Waals surface area (Å²) in [6, 6.07) is 3.33. The highest BCUT2D eigenvalue weighted by Gasteiger charge is 2.16. The largest absolute Gasteiger partial charge is 0.354 e. The maximum absolute atomic E-state index is 11.5. The first-order chi connectivity index (χ1) is 7.65. The lowest BCUT2D eigenvalue weighted by molar-refractivity contribution is -0.124. The number of amides is 1. The van der Waals surface area contributed by atoms with Crippen LogP contribution >= 0.6 is 11.6 Å². The van der Waals surface area contributed by atoms with Crippen LogP contribution in [0.3, 0.4) is 0 Å². The minimum absolute atomic E-state index is 0.00311. The zero-order valence-corrected chi connectivity index (χ0v) is 9.38. The average molecular weight is 242 g/mol. The predicted octanol–water partition coefficient (Wildman–Crippen LogP) is -0.0399. The Balaban J connectivity index is 2.08. The molecule has 1 aromatic rings. The monoisotopic (exact) mass is 241 g/mol. The van der Waals surface area contributed by atoms with Crippen molar-refractivity contribution in [3.05, 3.63) is 33.2 Å². The highest BCUT2D eigenvalue weighted by atomic mass is 35.5. The molecule has 0 unspecified atom stereocenters. The zero-order valence-electron chi connectivity index (χ0n) is 8.62. The predicted molar refractivity (Wildman–Crippen MR) is 60.4 cm³/mol. The van der Waals surface area contributed by atoms with Crippen molar-refractivity contribution in [1.82, 2.24) is 15.2 Å². The van der Waals surface area contributed by atoms with Gasteiger partial charge in [-0.3, -0.25) is 14.5 Å². The van der Waals surface area contributed by atoms with Crippen molar-refractivity contribution in [3.63, 3.8) is 0 Å². The lowest BCUT2D eigenvalue weighted by atomic mass is 10.2. The van der Waals surface area contributed by atoms with Crippen molar-refractivity contribution in [2.75, 3.05) is 19.6 Å². The lowest BCUT2D eigenvalue weighted by Crippen LogP contribution is -2.47. The number of hydrogen-bond acceptors (Lipinski definition) is 3. The summed E-state index contributed by atoms with van der Waals surface area (Å²) in [5.41, 5.74) is 0.428. The summed E-state index contributed by atoms with van der Waals surface area (Å²) >= 11 is 5.65. The summed E-state index contributed by atoms with van der Waals surface area (Å²) in [6.45, 7) is 2.19. The maximum Gasteiger partial charge on any atom is 0.253 e. The zero-order chi connectivity index (χ0) is 11.5. The van der Waals surface area contributed by atoms with Gasteiger partial charge in [0, 0.05) is 25.2 Å². The highest BCUT2D eigenvalue weighted by molar-refractivity contribution is 6.29. The molecule has 5 nitrogen and oxygen atoms in total. The molecule has 0 bridgehead atoms. The van der Waals surface area contributed by atoms with Crippen LogP contribution in [0.25, 0.3) is 0 Å². The summed E-state index contributed by atoms with van der Waals surface area (Å²) in [7, 11) is 0. The molecule has 1 fully saturated rings. The molecular formula is C10H12ClN3O2. The van der Waals surface area contributed by atoms with Crippen molar-refractivity contribution in [1.29, 1.82) is 0 Å². The van der Waals surface area contributed by atoms with Crippen LogP contribution in [0.2, 0.25) is 5.15 Å². The summed E-state index contributed by atoms with van der Waals surface area (Å²) in [4.78, 5) is 27.1. The molecule has 16 heavy (non-hydrogen) atoms. The third-order valence-corrected chi connectivity index (χ3v) is 2.69. The molecule has 0 atom stereocenters. The smallest absolute Gasteiger partial charge is 0.253 e. The van der Waals surface area contributed by atoms with E-state index in [2.05, 4.69) is 10.3 Å². The number of carbonyl (C=O) groups excluding carboxylic acids is 1. The number of H-pyrrole nitrogens is 1. The molecule has 2 N–H and O–H groups in total. The molecule has 1 saturated heterocycles. The van der Waals surface area contributed by atoms with Gasteiger partial charge < -0.3 is 10.3 Å². The normalized spacial score (nSPS) is 17.2. The minimum Gasteiger partial charge on any atom is -0.354 e. The van der Waals surface area contributed by atoms with Crippen molar-refractivity contribution < 1.29 is 4.79 Å². The topological polar surface area (TPSA) is 65.2 Å². The fourth-order valence-electron chi connectivity index (χ4n) is 1.67. The first kappa shape index (κ1) is 11.2. The Morgan fingerprint density at radius 2 is 2.19 bits per heavy atom. The minimum atomic E-state index is -0.196. The number of aromatic amines is 1. The Kier molecular flexibility index (Phi) is 3.26. The second kappa shape index (κ2) is 4.67. The molecule has 0 saturated carbocycles. The van der Waals surface area contributed by atoms with Gasteiger partial charge in [0.25, 0.3) is 5.56 Å². The molecule has 86 valence electrons. The second-order valence-corrected chi connectivity index (χ2v) is 4.13.